The minimum Gasteiger partial charge on any atom is -0.481 e. The van der Waals surface area contributed by atoms with Crippen molar-refractivity contribution in [2.24, 2.45) is 0 Å². The van der Waals surface area contributed by atoms with Crippen LogP contribution in [-0.2, 0) is 9.59 Å². The number of aliphatic carboxylic acids is 1. The van der Waals surface area contributed by atoms with E-state index in [-0.39, 0.29) is 18.4 Å². The van der Waals surface area contributed by atoms with E-state index in [9.17, 15) is 19.2 Å². The second-order valence-electron chi connectivity index (χ2n) is 3.99. The van der Waals surface area contributed by atoms with Gasteiger partial charge in [-0.1, -0.05) is 0 Å². The van der Waals surface area contributed by atoms with Gasteiger partial charge in [-0.3, -0.25) is 14.4 Å². The van der Waals surface area contributed by atoms with Crippen molar-refractivity contribution in [2.45, 2.75) is 12.8 Å². The first-order valence-electron chi connectivity index (χ1n) is 5.49. The Bertz CT molecular complexity index is 725. The molecule has 0 aliphatic carbocycles. The number of carboxylic acids is 1. The van der Waals surface area contributed by atoms with Gasteiger partial charge in [-0.2, -0.15) is 0 Å². The maximum atomic E-state index is 11.8. The lowest BCUT2D eigenvalue weighted by atomic mass is 10.0. The number of nitrogens with one attached hydrogen (secondary N) is 2. The van der Waals surface area contributed by atoms with E-state index >= 15 is 0 Å². The Labute approximate surface area is 106 Å². The molecule has 2 aromatic rings. The fourth-order valence-electron chi connectivity index (χ4n) is 1.67. The molecule has 0 unspecified atom stereocenters. The van der Waals surface area contributed by atoms with Gasteiger partial charge in [-0.05, 0) is 18.2 Å². The van der Waals surface area contributed by atoms with Crippen molar-refractivity contribution in [1.82, 2.24) is 9.97 Å². The first-order valence-corrected chi connectivity index (χ1v) is 5.49. The first-order chi connectivity index (χ1) is 8.97. The number of H-pyrrole nitrogens is 2. The van der Waals surface area contributed by atoms with E-state index in [0.717, 1.165) is 0 Å². The molecule has 0 saturated carbocycles. The zero-order valence-electron chi connectivity index (χ0n) is 9.73. The fraction of sp³-hybridized carbons (Fsp3) is 0.167. The fourth-order valence-corrected chi connectivity index (χ4v) is 1.67. The molecule has 0 atom stereocenters. The number of ketones is 2. The third kappa shape index (κ3) is 2.76. The summed E-state index contributed by atoms with van der Waals surface area (Å²) in [5, 5.41) is 8.45. The maximum absolute atomic E-state index is 11.8. The molecule has 19 heavy (non-hydrogen) atoms. The van der Waals surface area contributed by atoms with Crippen LogP contribution in [-0.4, -0.2) is 32.6 Å². The zero-order chi connectivity index (χ0) is 14.0. The Morgan fingerprint density at radius 3 is 2.42 bits per heavy atom. The van der Waals surface area contributed by atoms with Gasteiger partial charge < -0.3 is 15.1 Å². The number of rotatable bonds is 5. The normalized spacial score (nSPS) is 10.5. The van der Waals surface area contributed by atoms with Crippen molar-refractivity contribution in [3.63, 3.8) is 0 Å². The van der Waals surface area contributed by atoms with E-state index in [4.69, 9.17) is 5.11 Å². The van der Waals surface area contributed by atoms with Crippen molar-refractivity contribution >= 4 is 28.6 Å². The van der Waals surface area contributed by atoms with E-state index < -0.39 is 23.2 Å². The second-order valence-corrected chi connectivity index (χ2v) is 3.99. The van der Waals surface area contributed by atoms with E-state index in [1.165, 1.54) is 18.2 Å². The van der Waals surface area contributed by atoms with Crippen molar-refractivity contribution in [2.75, 3.05) is 0 Å². The molecule has 0 fully saturated rings. The molecule has 1 aromatic carbocycles. The number of hydrogen-bond acceptors (Lipinski definition) is 4. The number of hydrogen-bond donors (Lipinski definition) is 3. The summed E-state index contributed by atoms with van der Waals surface area (Å²) in [5.41, 5.74) is 0.663. The number of aromatic amines is 2. The summed E-state index contributed by atoms with van der Waals surface area (Å²) in [7, 11) is 0. The highest BCUT2D eigenvalue weighted by molar-refractivity contribution is 6.44. The van der Waals surface area contributed by atoms with Crippen LogP contribution in [0.15, 0.2) is 23.0 Å². The summed E-state index contributed by atoms with van der Waals surface area (Å²) in [5.74, 6) is -2.66. The Hall–Kier alpha value is -2.70. The van der Waals surface area contributed by atoms with Crippen LogP contribution in [0.2, 0.25) is 0 Å². The molecular weight excluding hydrogens is 252 g/mol. The van der Waals surface area contributed by atoms with Crippen LogP contribution in [0.25, 0.3) is 11.0 Å². The molecule has 0 aliphatic rings. The molecule has 1 heterocycles. The van der Waals surface area contributed by atoms with Gasteiger partial charge in [0, 0.05) is 12.0 Å². The predicted molar refractivity (Wildman–Crippen MR) is 65.1 cm³/mol. The summed E-state index contributed by atoms with van der Waals surface area (Å²) in [4.78, 5) is 49.6. The molecular formula is C12H10N2O5. The summed E-state index contributed by atoms with van der Waals surface area (Å²) in [6.07, 6.45) is -0.719. The van der Waals surface area contributed by atoms with Crippen molar-refractivity contribution < 1.29 is 19.5 Å². The number of benzene rings is 1. The Morgan fingerprint density at radius 1 is 1.05 bits per heavy atom. The molecule has 7 heteroatoms. The predicted octanol–water partition coefficient (Wildman–Crippen LogP) is 0.473. The quantitative estimate of drug-likeness (QED) is 0.534. The minimum absolute atomic E-state index is 0.123. The molecule has 1 aromatic heterocycles. The highest BCUT2D eigenvalue weighted by Crippen LogP contribution is 2.12. The van der Waals surface area contributed by atoms with Gasteiger partial charge >= 0.3 is 11.7 Å². The summed E-state index contributed by atoms with van der Waals surface area (Å²) in [6, 6.07) is 4.30. The number of carbonyl (C=O) groups excluding carboxylic acids is 2. The van der Waals surface area contributed by atoms with Crippen LogP contribution in [0.3, 0.4) is 0 Å². The molecule has 0 aliphatic heterocycles. The topological polar surface area (TPSA) is 120 Å². The maximum Gasteiger partial charge on any atom is 0.323 e. The van der Waals surface area contributed by atoms with Gasteiger partial charge in [-0.15, -0.1) is 0 Å². The van der Waals surface area contributed by atoms with Crippen LogP contribution >= 0.6 is 0 Å². The summed E-state index contributed by atoms with van der Waals surface area (Å²) >= 11 is 0. The van der Waals surface area contributed by atoms with Gasteiger partial charge in [0.05, 0.1) is 17.5 Å². The molecule has 0 bridgehead atoms. The van der Waals surface area contributed by atoms with Crippen molar-refractivity contribution in [1.29, 1.82) is 0 Å². The molecule has 0 radical (unpaired) electrons. The number of imidazole rings is 1. The van der Waals surface area contributed by atoms with E-state index in [2.05, 4.69) is 9.97 Å². The Morgan fingerprint density at radius 2 is 1.74 bits per heavy atom. The standard InChI is InChI=1S/C12H10N2O5/c15-9(3-4-10(16)17)11(18)6-1-2-7-8(5-6)14-12(19)13-7/h1-2,5H,3-4H2,(H,16,17)(H2,13,14,19). The van der Waals surface area contributed by atoms with Crippen LogP contribution in [0.4, 0.5) is 0 Å². The second kappa shape index (κ2) is 4.89. The molecule has 0 saturated heterocycles. The van der Waals surface area contributed by atoms with Gasteiger partial charge in [0.1, 0.15) is 0 Å². The molecule has 2 rings (SSSR count). The number of aromatic nitrogens is 2. The van der Waals surface area contributed by atoms with Crippen LogP contribution in [0.5, 0.6) is 0 Å². The Balaban J connectivity index is 2.23. The number of fused-ring (bicyclic) bond motifs is 1. The van der Waals surface area contributed by atoms with E-state index in [1.54, 1.807) is 0 Å². The summed E-state index contributed by atoms with van der Waals surface area (Å²) < 4.78 is 0. The molecule has 98 valence electrons. The van der Waals surface area contributed by atoms with Crippen molar-refractivity contribution in [3.8, 4) is 0 Å². The lowest BCUT2D eigenvalue weighted by molar-refractivity contribution is -0.138. The monoisotopic (exact) mass is 262 g/mol. The third-order valence-electron chi connectivity index (χ3n) is 2.60. The molecule has 0 spiro atoms. The summed E-state index contributed by atoms with van der Waals surface area (Å²) in [6.45, 7) is 0. The van der Waals surface area contributed by atoms with Crippen LogP contribution in [0.1, 0.15) is 23.2 Å². The van der Waals surface area contributed by atoms with Crippen LogP contribution in [0, 0.1) is 0 Å². The van der Waals surface area contributed by atoms with Gasteiger partial charge in [0.25, 0.3) is 0 Å². The smallest absolute Gasteiger partial charge is 0.323 e. The molecule has 0 amide bonds. The molecule has 3 N–H and O–H groups in total. The molecule has 7 nitrogen and oxygen atoms in total. The average molecular weight is 262 g/mol. The number of carboxylic acid groups (broad SMARTS) is 1. The minimum atomic E-state index is -1.13. The van der Waals surface area contributed by atoms with Crippen molar-refractivity contribution in [3.05, 3.63) is 34.2 Å². The van der Waals surface area contributed by atoms with Gasteiger partial charge in [0.15, 0.2) is 0 Å². The van der Waals surface area contributed by atoms with E-state index in [0.29, 0.717) is 11.0 Å². The average Bonchev–Trinajstić information content (AvgIpc) is 2.73. The Kier molecular flexibility index (Phi) is 3.28. The number of Topliss-reactive ketones (excluding diaryl/α,β-unsaturated/α-hetero) is 2. The third-order valence-corrected chi connectivity index (χ3v) is 2.60. The zero-order valence-corrected chi connectivity index (χ0v) is 9.73. The number of carbonyl (C=O) groups is 3. The highest BCUT2D eigenvalue weighted by Gasteiger charge is 2.17. The lowest BCUT2D eigenvalue weighted by Crippen LogP contribution is -2.15. The van der Waals surface area contributed by atoms with Gasteiger partial charge in [0.2, 0.25) is 11.6 Å². The van der Waals surface area contributed by atoms with Crippen LogP contribution < -0.4 is 5.69 Å². The lowest BCUT2D eigenvalue weighted by Gasteiger charge is -1.99. The van der Waals surface area contributed by atoms with E-state index in [1.807, 2.05) is 0 Å². The van der Waals surface area contributed by atoms with Gasteiger partial charge in [-0.25, -0.2) is 4.79 Å². The SMILES string of the molecule is O=C(O)CCC(=O)C(=O)c1ccc2[nH]c(=O)[nH]c2c1. The highest BCUT2D eigenvalue weighted by atomic mass is 16.4. The first kappa shape index (κ1) is 12.7. The largest absolute Gasteiger partial charge is 0.481 e.